The van der Waals surface area contributed by atoms with Gasteiger partial charge in [-0.15, -0.1) is 22.7 Å². The van der Waals surface area contributed by atoms with Crippen LogP contribution in [0.4, 0.5) is 10.1 Å². The Balaban J connectivity index is 1.82. The van der Waals surface area contributed by atoms with E-state index in [1.54, 1.807) is 34.2 Å². The van der Waals surface area contributed by atoms with Crippen LogP contribution in [-0.2, 0) is 0 Å². The lowest BCUT2D eigenvalue weighted by Gasteiger charge is -2.02. The van der Waals surface area contributed by atoms with Crippen molar-refractivity contribution in [1.82, 2.24) is 4.68 Å². The van der Waals surface area contributed by atoms with Gasteiger partial charge in [0.1, 0.15) is 17.3 Å². The molecule has 2 aromatic heterocycles. The molecule has 2 N–H and O–H groups in total. The zero-order chi connectivity index (χ0) is 19.5. The van der Waals surface area contributed by atoms with Crippen molar-refractivity contribution in [3.8, 4) is 22.1 Å². The highest BCUT2D eigenvalue weighted by atomic mass is 32.1. The first-order valence-electron chi connectivity index (χ1n) is 8.21. The smallest absolute Gasteiger partial charge is 0.211 e. The third kappa shape index (κ3) is 3.88. The van der Waals surface area contributed by atoms with E-state index in [0.29, 0.717) is 16.1 Å². The van der Waals surface area contributed by atoms with E-state index in [1.807, 2.05) is 22.9 Å². The molecule has 140 valence electrons. The molecule has 0 bridgehead atoms. The lowest BCUT2D eigenvalue weighted by atomic mass is 10.2. The quantitative estimate of drug-likeness (QED) is 0.467. The summed E-state index contributed by atoms with van der Waals surface area (Å²) in [4.78, 5) is 6.18. The molecule has 0 saturated carbocycles. The number of halogens is 1. The topological polar surface area (TPSA) is 70.1 Å². The first-order chi connectivity index (χ1) is 13.6. The van der Waals surface area contributed by atoms with Crippen LogP contribution in [0.25, 0.3) is 10.6 Å². The molecule has 0 saturated heterocycles. The average molecular weight is 411 g/mol. The fraction of sp³-hybridized carbons (Fsp3) is 0. The predicted molar refractivity (Wildman–Crippen MR) is 110 cm³/mol. The maximum atomic E-state index is 13.2. The fourth-order valence-electron chi connectivity index (χ4n) is 2.47. The molecule has 0 amide bonds. The molecule has 0 aliphatic rings. The van der Waals surface area contributed by atoms with Crippen LogP contribution >= 0.6 is 22.7 Å². The minimum absolute atomic E-state index is 0.0240. The zero-order valence-corrected chi connectivity index (χ0v) is 16.0. The number of benzene rings is 2. The third-order valence-electron chi connectivity index (χ3n) is 3.84. The van der Waals surface area contributed by atoms with Crippen LogP contribution in [0.3, 0.4) is 0 Å². The Morgan fingerprint density at radius 2 is 1.82 bits per heavy atom. The molecule has 2 heterocycles. The van der Waals surface area contributed by atoms with E-state index in [9.17, 15) is 14.6 Å². The van der Waals surface area contributed by atoms with E-state index in [4.69, 9.17) is 0 Å². The van der Waals surface area contributed by atoms with Gasteiger partial charge < -0.3 is 10.2 Å². The Morgan fingerprint density at radius 3 is 2.54 bits per heavy atom. The lowest BCUT2D eigenvalue weighted by Crippen LogP contribution is -2.11. The summed E-state index contributed by atoms with van der Waals surface area (Å²) in [6.07, 6.45) is 1.50. The standard InChI is InChI=1S/C20H14FN3O2S2/c21-14-4-6-15(7-5-14)23-20-24(17(12-28-20)19-2-1-9-27-19)22-11-13-3-8-16(25)10-18(13)26/h1-12,25-26H. The molecule has 5 nitrogen and oxygen atoms in total. The van der Waals surface area contributed by atoms with Crippen molar-refractivity contribution >= 4 is 34.6 Å². The molecule has 0 fully saturated rings. The Labute approximate surface area is 167 Å². The van der Waals surface area contributed by atoms with Gasteiger partial charge in [-0.3, -0.25) is 0 Å². The van der Waals surface area contributed by atoms with Crippen LogP contribution < -0.4 is 4.80 Å². The lowest BCUT2D eigenvalue weighted by molar-refractivity contribution is 0.450. The summed E-state index contributed by atoms with van der Waals surface area (Å²) in [5, 5.41) is 27.8. The summed E-state index contributed by atoms with van der Waals surface area (Å²) in [7, 11) is 0. The monoisotopic (exact) mass is 411 g/mol. The van der Waals surface area contributed by atoms with Gasteiger partial charge in [0.05, 0.1) is 22.5 Å². The fourth-order valence-corrected chi connectivity index (χ4v) is 4.12. The number of hydrogen-bond acceptors (Lipinski definition) is 6. The van der Waals surface area contributed by atoms with E-state index in [1.165, 1.54) is 41.8 Å². The summed E-state index contributed by atoms with van der Waals surface area (Å²) >= 11 is 2.98. The van der Waals surface area contributed by atoms with Gasteiger partial charge in [-0.2, -0.15) is 5.10 Å². The Kier molecular flexibility index (Phi) is 5.05. The molecule has 0 spiro atoms. The van der Waals surface area contributed by atoms with Crippen LogP contribution in [0.15, 0.2) is 75.5 Å². The second-order valence-electron chi connectivity index (χ2n) is 5.77. The van der Waals surface area contributed by atoms with Crippen LogP contribution in [0, 0.1) is 5.82 Å². The summed E-state index contributed by atoms with van der Waals surface area (Å²) in [5.74, 6) is -0.420. The number of phenols is 2. The third-order valence-corrected chi connectivity index (χ3v) is 5.55. The molecule has 0 atom stereocenters. The van der Waals surface area contributed by atoms with Gasteiger partial charge in [0.25, 0.3) is 0 Å². The minimum atomic E-state index is -0.321. The van der Waals surface area contributed by atoms with Crippen molar-refractivity contribution in [3.05, 3.63) is 81.5 Å². The molecular formula is C20H14FN3O2S2. The van der Waals surface area contributed by atoms with Crippen molar-refractivity contribution in [1.29, 1.82) is 0 Å². The molecule has 8 heteroatoms. The number of hydrogen-bond donors (Lipinski definition) is 2. The van der Waals surface area contributed by atoms with Gasteiger partial charge in [0, 0.05) is 17.0 Å². The van der Waals surface area contributed by atoms with Gasteiger partial charge >= 0.3 is 0 Å². The number of rotatable bonds is 4. The number of aromatic nitrogens is 1. The molecule has 4 aromatic rings. The van der Waals surface area contributed by atoms with Crippen LogP contribution in [-0.4, -0.2) is 21.1 Å². The molecule has 2 aromatic carbocycles. The molecular weight excluding hydrogens is 397 g/mol. The van der Waals surface area contributed by atoms with Crippen molar-refractivity contribution < 1.29 is 14.6 Å². The Bertz CT molecular complexity index is 1190. The minimum Gasteiger partial charge on any atom is -0.508 e. The maximum absolute atomic E-state index is 13.2. The SMILES string of the molecule is Oc1ccc(C=Nn2c(-c3cccs3)csc2=Nc2ccc(F)cc2)c(O)c1. The molecule has 0 unspecified atom stereocenters. The zero-order valence-electron chi connectivity index (χ0n) is 14.4. The van der Waals surface area contributed by atoms with E-state index in [0.717, 1.165) is 10.6 Å². The van der Waals surface area contributed by atoms with E-state index >= 15 is 0 Å². The highest BCUT2D eigenvalue weighted by molar-refractivity contribution is 7.14. The molecule has 28 heavy (non-hydrogen) atoms. The van der Waals surface area contributed by atoms with Gasteiger partial charge in [0.15, 0.2) is 0 Å². The Morgan fingerprint density at radius 1 is 1.00 bits per heavy atom. The highest BCUT2D eigenvalue weighted by Gasteiger charge is 2.09. The van der Waals surface area contributed by atoms with Crippen molar-refractivity contribution in [3.63, 3.8) is 0 Å². The number of thiazole rings is 1. The van der Waals surface area contributed by atoms with Gasteiger partial charge in [-0.25, -0.2) is 14.1 Å². The van der Waals surface area contributed by atoms with Gasteiger partial charge in [-0.05, 0) is 47.8 Å². The largest absolute Gasteiger partial charge is 0.508 e. The highest BCUT2D eigenvalue weighted by Crippen LogP contribution is 2.26. The first kappa shape index (κ1) is 18.1. The number of nitrogens with zero attached hydrogens (tertiary/aromatic N) is 3. The molecule has 0 aliphatic heterocycles. The van der Waals surface area contributed by atoms with Gasteiger partial charge in [0.2, 0.25) is 4.80 Å². The van der Waals surface area contributed by atoms with Crippen molar-refractivity contribution in [2.24, 2.45) is 10.1 Å². The molecule has 4 rings (SSSR count). The van der Waals surface area contributed by atoms with Gasteiger partial charge in [-0.1, -0.05) is 6.07 Å². The van der Waals surface area contributed by atoms with Crippen LogP contribution in [0.1, 0.15) is 5.56 Å². The Hall–Kier alpha value is -3.23. The predicted octanol–water partition coefficient (Wildman–Crippen LogP) is 4.94. The van der Waals surface area contributed by atoms with Crippen LogP contribution in [0.2, 0.25) is 0 Å². The van der Waals surface area contributed by atoms with Crippen LogP contribution in [0.5, 0.6) is 11.5 Å². The second-order valence-corrected chi connectivity index (χ2v) is 7.55. The van der Waals surface area contributed by atoms with Crippen molar-refractivity contribution in [2.75, 3.05) is 0 Å². The normalized spacial score (nSPS) is 12.1. The summed E-state index contributed by atoms with van der Waals surface area (Å²) in [5.41, 5.74) is 1.93. The molecule has 0 radical (unpaired) electrons. The average Bonchev–Trinajstić information content (AvgIpc) is 3.33. The maximum Gasteiger partial charge on any atom is 0.211 e. The van der Waals surface area contributed by atoms with E-state index in [2.05, 4.69) is 10.1 Å². The summed E-state index contributed by atoms with van der Waals surface area (Å²) < 4.78 is 14.8. The van der Waals surface area contributed by atoms with E-state index < -0.39 is 0 Å². The second kappa shape index (κ2) is 7.79. The molecule has 0 aliphatic carbocycles. The number of aromatic hydroxyl groups is 2. The summed E-state index contributed by atoms with van der Waals surface area (Å²) in [6.45, 7) is 0. The number of thiophene rings is 1. The van der Waals surface area contributed by atoms with Crippen molar-refractivity contribution in [2.45, 2.75) is 0 Å². The summed E-state index contributed by atoms with van der Waals surface area (Å²) in [6, 6.07) is 14.1. The first-order valence-corrected chi connectivity index (χ1v) is 9.97. The number of phenolic OH excluding ortho intramolecular Hbond substituents is 2. The van der Waals surface area contributed by atoms with E-state index in [-0.39, 0.29) is 17.3 Å².